The molecule has 2 nitrogen and oxygen atoms in total. The molecule has 0 radical (unpaired) electrons. The summed E-state index contributed by atoms with van der Waals surface area (Å²) in [5.41, 5.74) is 0.579. The molecule has 1 aliphatic rings. The molecule has 0 spiro atoms. The Bertz CT molecular complexity index is 392. The summed E-state index contributed by atoms with van der Waals surface area (Å²) < 4.78 is 19.6. The van der Waals surface area contributed by atoms with Crippen LogP contribution in [0.2, 0.25) is 0 Å². The van der Waals surface area contributed by atoms with Crippen LogP contribution in [0.5, 0.6) is 5.75 Å². The lowest BCUT2D eigenvalue weighted by Gasteiger charge is -2.31. The highest BCUT2D eigenvalue weighted by Gasteiger charge is 2.26. The molecule has 1 aromatic carbocycles. The lowest BCUT2D eigenvalue weighted by molar-refractivity contribution is 0.0862. The first-order valence-corrected chi connectivity index (χ1v) is 6.80. The quantitative estimate of drug-likeness (QED) is 0.886. The Kier molecular flexibility index (Phi) is 4.59. The number of aliphatic hydroxyl groups excluding tert-OH is 1. The van der Waals surface area contributed by atoms with E-state index in [1.807, 2.05) is 0 Å². The van der Waals surface area contributed by atoms with Gasteiger partial charge >= 0.3 is 0 Å². The summed E-state index contributed by atoms with van der Waals surface area (Å²) in [7, 11) is 0. The van der Waals surface area contributed by atoms with E-state index >= 15 is 0 Å². The standard InChI is InChI=1S/C15H21FO2/c1-2-12-5-3-4-6-14(12)18-15-8-7-11(10-17)9-13(15)16/h7-9,12,14,17H,2-6,10H2,1H3. The maximum atomic E-state index is 13.8. The van der Waals surface area contributed by atoms with Crippen LogP contribution >= 0.6 is 0 Å². The van der Waals surface area contributed by atoms with Gasteiger partial charge in [-0.2, -0.15) is 0 Å². The van der Waals surface area contributed by atoms with E-state index in [0.29, 0.717) is 17.2 Å². The highest BCUT2D eigenvalue weighted by atomic mass is 19.1. The van der Waals surface area contributed by atoms with E-state index in [2.05, 4.69) is 6.92 Å². The molecule has 2 atom stereocenters. The molecule has 1 aromatic rings. The number of aliphatic hydroxyl groups is 1. The van der Waals surface area contributed by atoms with Crippen LogP contribution in [0.1, 0.15) is 44.6 Å². The van der Waals surface area contributed by atoms with Gasteiger partial charge in [0.1, 0.15) is 6.10 Å². The topological polar surface area (TPSA) is 29.5 Å². The van der Waals surface area contributed by atoms with Crippen molar-refractivity contribution >= 4 is 0 Å². The second-order valence-corrected chi connectivity index (χ2v) is 5.03. The van der Waals surface area contributed by atoms with Gasteiger partial charge < -0.3 is 9.84 Å². The monoisotopic (exact) mass is 252 g/mol. The Morgan fingerprint density at radius 3 is 2.78 bits per heavy atom. The van der Waals surface area contributed by atoms with Crippen LogP contribution in [0.25, 0.3) is 0 Å². The van der Waals surface area contributed by atoms with Crippen LogP contribution in [0.4, 0.5) is 4.39 Å². The molecule has 0 aromatic heterocycles. The Hall–Kier alpha value is -1.09. The number of halogens is 1. The fourth-order valence-corrected chi connectivity index (χ4v) is 2.70. The van der Waals surface area contributed by atoms with Gasteiger partial charge in [-0.25, -0.2) is 4.39 Å². The molecule has 1 saturated carbocycles. The van der Waals surface area contributed by atoms with Crippen molar-refractivity contribution in [3.05, 3.63) is 29.6 Å². The molecule has 0 amide bonds. The Morgan fingerprint density at radius 2 is 2.11 bits per heavy atom. The largest absolute Gasteiger partial charge is 0.487 e. The van der Waals surface area contributed by atoms with Gasteiger partial charge in [0.15, 0.2) is 11.6 Å². The molecule has 3 heteroatoms. The zero-order valence-electron chi connectivity index (χ0n) is 10.9. The Morgan fingerprint density at radius 1 is 1.33 bits per heavy atom. The summed E-state index contributed by atoms with van der Waals surface area (Å²) in [5.74, 6) is 0.482. The van der Waals surface area contributed by atoms with E-state index in [-0.39, 0.29) is 18.5 Å². The van der Waals surface area contributed by atoms with Crippen molar-refractivity contribution < 1.29 is 14.2 Å². The summed E-state index contributed by atoms with van der Waals surface area (Å²) in [6, 6.07) is 4.68. The molecule has 2 rings (SSSR count). The molecule has 1 aliphatic carbocycles. The van der Waals surface area contributed by atoms with Crippen LogP contribution in [0.15, 0.2) is 18.2 Å². The minimum atomic E-state index is -0.373. The predicted molar refractivity (Wildman–Crippen MR) is 69.0 cm³/mol. The van der Waals surface area contributed by atoms with Crippen molar-refractivity contribution in [3.63, 3.8) is 0 Å². The van der Waals surface area contributed by atoms with E-state index < -0.39 is 0 Å². The zero-order valence-corrected chi connectivity index (χ0v) is 10.9. The average Bonchev–Trinajstić information content (AvgIpc) is 2.41. The van der Waals surface area contributed by atoms with Crippen molar-refractivity contribution in [2.75, 3.05) is 0 Å². The predicted octanol–water partition coefficient (Wildman–Crippen LogP) is 3.67. The summed E-state index contributed by atoms with van der Waals surface area (Å²) in [6.45, 7) is 2.02. The molecule has 0 aliphatic heterocycles. The van der Waals surface area contributed by atoms with E-state index in [1.165, 1.54) is 18.9 Å². The van der Waals surface area contributed by atoms with Crippen LogP contribution in [0, 0.1) is 11.7 Å². The third-order valence-corrected chi connectivity index (χ3v) is 3.82. The molecule has 1 fully saturated rings. The van der Waals surface area contributed by atoms with Gasteiger partial charge in [-0.05, 0) is 49.3 Å². The maximum absolute atomic E-state index is 13.8. The number of benzene rings is 1. The van der Waals surface area contributed by atoms with Crippen molar-refractivity contribution in [2.45, 2.75) is 51.7 Å². The first-order valence-electron chi connectivity index (χ1n) is 6.80. The van der Waals surface area contributed by atoms with Gasteiger partial charge in [0.25, 0.3) is 0 Å². The second-order valence-electron chi connectivity index (χ2n) is 5.03. The second kappa shape index (κ2) is 6.19. The SMILES string of the molecule is CCC1CCCCC1Oc1ccc(CO)cc1F. The minimum absolute atomic E-state index is 0.137. The third-order valence-electron chi connectivity index (χ3n) is 3.82. The van der Waals surface area contributed by atoms with Crippen molar-refractivity contribution in [1.29, 1.82) is 0 Å². The van der Waals surface area contributed by atoms with Crippen LogP contribution in [0.3, 0.4) is 0 Å². The number of rotatable bonds is 4. The highest BCUT2D eigenvalue weighted by Crippen LogP contribution is 2.31. The van der Waals surface area contributed by atoms with E-state index in [0.717, 1.165) is 19.3 Å². The van der Waals surface area contributed by atoms with Gasteiger partial charge in [0.05, 0.1) is 6.61 Å². The van der Waals surface area contributed by atoms with Gasteiger partial charge in [-0.3, -0.25) is 0 Å². The van der Waals surface area contributed by atoms with Crippen LogP contribution < -0.4 is 4.74 Å². The lowest BCUT2D eigenvalue weighted by Crippen LogP contribution is -2.30. The fourth-order valence-electron chi connectivity index (χ4n) is 2.70. The van der Waals surface area contributed by atoms with E-state index in [4.69, 9.17) is 9.84 Å². The summed E-state index contributed by atoms with van der Waals surface area (Å²) >= 11 is 0. The Labute approximate surface area is 108 Å². The summed E-state index contributed by atoms with van der Waals surface area (Å²) in [6.07, 6.45) is 5.83. The van der Waals surface area contributed by atoms with Gasteiger partial charge in [-0.1, -0.05) is 19.4 Å². The number of hydrogen-bond donors (Lipinski definition) is 1. The first-order chi connectivity index (χ1) is 8.74. The molecule has 0 bridgehead atoms. The summed E-state index contributed by atoms with van der Waals surface area (Å²) in [4.78, 5) is 0. The number of hydrogen-bond acceptors (Lipinski definition) is 2. The van der Waals surface area contributed by atoms with Gasteiger partial charge in [0.2, 0.25) is 0 Å². The van der Waals surface area contributed by atoms with Crippen molar-refractivity contribution in [1.82, 2.24) is 0 Å². The molecule has 1 N–H and O–H groups in total. The summed E-state index contributed by atoms with van der Waals surface area (Å²) in [5, 5.41) is 8.95. The molecular weight excluding hydrogens is 231 g/mol. The minimum Gasteiger partial charge on any atom is -0.487 e. The van der Waals surface area contributed by atoms with E-state index in [1.54, 1.807) is 12.1 Å². The molecule has 18 heavy (non-hydrogen) atoms. The molecular formula is C15H21FO2. The van der Waals surface area contributed by atoms with Gasteiger partial charge in [0, 0.05) is 0 Å². The maximum Gasteiger partial charge on any atom is 0.165 e. The van der Waals surface area contributed by atoms with E-state index in [9.17, 15) is 4.39 Å². The molecule has 0 saturated heterocycles. The zero-order chi connectivity index (χ0) is 13.0. The van der Waals surface area contributed by atoms with Crippen molar-refractivity contribution in [2.24, 2.45) is 5.92 Å². The van der Waals surface area contributed by atoms with Gasteiger partial charge in [-0.15, -0.1) is 0 Å². The van der Waals surface area contributed by atoms with Crippen LogP contribution in [-0.2, 0) is 6.61 Å². The smallest absolute Gasteiger partial charge is 0.165 e. The normalized spacial score (nSPS) is 23.9. The van der Waals surface area contributed by atoms with Crippen LogP contribution in [-0.4, -0.2) is 11.2 Å². The molecule has 100 valence electrons. The fraction of sp³-hybridized carbons (Fsp3) is 0.600. The number of ether oxygens (including phenoxy) is 1. The Balaban J connectivity index is 2.07. The molecule has 0 heterocycles. The third kappa shape index (κ3) is 3.02. The highest BCUT2D eigenvalue weighted by molar-refractivity contribution is 5.29. The first kappa shape index (κ1) is 13.3. The van der Waals surface area contributed by atoms with Crippen molar-refractivity contribution in [3.8, 4) is 5.75 Å². The molecule has 2 unspecified atom stereocenters. The lowest BCUT2D eigenvalue weighted by atomic mass is 9.85. The average molecular weight is 252 g/mol.